The van der Waals surface area contributed by atoms with Crippen LogP contribution in [0.2, 0.25) is 0 Å². The fourth-order valence-electron chi connectivity index (χ4n) is 1.82. The Hall–Kier alpha value is -1.59. The number of benzene rings is 1. The van der Waals surface area contributed by atoms with Gasteiger partial charge in [0.15, 0.2) is 0 Å². The van der Waals surface area contributed by atoms with Crippen LogP contribution in [0.1, 0.15) is 6.92 Å². The van der Waals surface area contributed by atoms with E-state index in [4.69, 9.17) is 15.2 Å². The molecule has 18 heavy (non-hydrogen) atoms. The average molecular weight is 249 g/mol. The van der Waals surface area contributed by atoms with Crippen molar-refractivity contribution in [1.29, 1.82) is 0 Å². The molecule has 0 aliphatic heterocycles. The number of nitrogens with two attached hydrogens (primary N) is 1. The van der Waals surface area contributed by atoms with Gasteiger partial charge in [0.25, 0.3) is 0 Å². The highest BCUT2D eigenvalue weighted by Gasteiger charge is 2.04. The third-order valence-electron chi connectivity index (χ3n) is 2.74. The summed E-state index contributed by atoms with van der Waals surface area (Å²) in [6, 6.07) is 5.83. The highest BCUT2D eigenvalue weighted by atomic mass is 16.5. The third kappa shape index (κ3) is 3.00. The second kappa shape index (κ2) is 6.37. The van der Waals surface area contributed by atoms with Crippen LogP contribution in [0.3, 0.4) is 0 Å². The zero-order valence-corrected chi connectivity index (χ0v) is 10.6. The highest BCUT2D eigenvalue weighted by Crippen LogP contribution is 2.19. The number of aromatic nitrogens is 2. The molecule has 0 aliphatic carbocycles. The van der Waals surface area contributed by atoms with Crippen molar-refractivity contribution in [3.05, 3.63) is 24.4 Å². The van der Waals surface area contributed by atoms with E-state index in [1.807, 2.05) is 29.8 Å². The van der Waals surface area contributed by atoms with Gasteiger partial charge in [0.2, 0.25) is 0 Å². The van der Waals surface area contributed by atoms with E-state index in [1.165, 1.54) is 0 Å². The van der Waals surface area contributed by atoms with E-state index in [-0.39, 0.29) is 0 Å². The van der Waals surface area contributed by atoms with Crippen molar-refractivity contribution in [3.63, 3.8) is 0 Å². The number of nitrogen functional groups attached to an aromatic ring is 1. The first-order chi connectivity index (χ1) is 8.83. The van der Waals surface area contributed by atoms with Gasteiger partial charge in [-0.1, -0.05) is 6.07 Å². The first-order valence-electron chi connectivity index (χ1n) is 6.18. The molecule has 2 rings (SSSR count). The Morgan fingerprint density at radius 3 is 2.89 bits per heavy atom. The van der Waals surface area contributed by atoms with Crippen LogP contribution in [0.5, 0.6) is 0 Å². The number of fused-ring (bicyclic) bond motifs is 1. The molecule has 0 saturated carbocycles. The molecule has 0 amide bonds. The van der Waals surface area contributed by atoms with E-state index in [2.05, 4.69) is 5.10 Å². The Bertz CT molecular complexity index is 496. The maximum Gasteiger partial charge on any atom is 0.0704 e. The molecule has 2 N–H and O–H groups in total. The Balaban J connectivity index is 1.86. The summed E-state index contributed by atoms with van der Waals surface area (Å²) in [5, 5.41) is 5.31. The van der Waals surface area contributed by atoms with Gasteiger partial charge in [0.05, 0.1) is 38.1 Å². The predicted octanol–water partition coefficient (Wildman–Crippen LogP) is 1.67. The lowest BCUT2D eigenvalue weighted by molar-refractivity contribution is 0.0491. The van der Waals surface area contributed by atoms with Crippen LogP contribution in [-0.2, 0) is 16.0 Å². The maximum absolute atomic E-state index is 5.88. The predicted molar refractivity (Wildman–Crippen MR) is 71.5 cm³/mol. The van der Waals surface area contributed by atoms with Gasteiger partial charge in [0.1, 0.15) is 0 Å². The average Bonchev–Trinajstić information content (AvgIpc) is 2.79. The Kier molecular flexibility index (Phi) is 4.55. The summed E-state index contributed by atoms with van der Waals surface area (Å²) in [7, 11) is 0. The molecule has 0 radical (unpaired) electrons. The van der Waals surface area contributed by atoms with Gasteiger partial charge in [-0.15, -0.1) is 0 Å². The molecule has 0 aliphatic rings. The van der Waals surface area contributed by atoms with Crippen molar-refractivity contribution in [2.45, 2.75) is 13.5 Å². The molecule has 0 bridgehead atoms. The summed E-state index contributed by atoms with van der Waals surface area (Å²) in [6.45, 7) is 5.31. The third-order valence-corrected chi connectivity index (χ3v) is 2.74. The first-order valence-corrected chi connectivity index (χ1v) is 6.18. The minimum absolute atomic E-state index is 0.620. The first kappa shape index (κ1) is 12.9. The van der Waals surface area contributed by atoms with E-state index in [1.54, 1.807) is 6.20 Å². The zero-order chi connectivity index (χ0) is 12.8. The van der Waals surface area contributed by atoms with Crippen molar-refractivity contribution in [2.75, 3.05) is 32.2 Å². The summed E-state index contributed by atoms with van der Waals surface area (Å²) >= 11 is 0. The Morgan fingerprint density at radius 2 is 2.06 bits per heavy atom. The molecule has 0 unspecified atom stereocenters. The second-order valence-electron chi connectivity index (χ2n) is 3.96. The largest absolute Gasteiger partial charge is 0.398 e. The van der Waals surface area contributed by atoms with Crippen molar-refractivity contribution in [3.8, 4) is 0 Å². The molecule has 0 atom stereocenters. The Morgan fingerprint density at radius 1 is 1.22 bits per heavy atom. The van der Waals surface area contributed by atoms with Gasteiger partial charge in [-0.25, -0.2) is 0 Å². The van der Waals surface area contributed by atoms with Gasteiger partial charge in [-0.05, 0) is 19.1 Å². The summed E-state index contributed by atoms with van der Waals surface area (Å²) in [4.78, 5) is 0. The van der Waals surface area contributed by atoms with Crippen molar-refractivity contribution in [2.24, 2.45) is 0 Å². The molecule has 0 fully saturated rings. The normalized spacial score (nSPS) is 11.2. The standard InChI is InChI=1S/C13H19N3O2/c1-2-17-8-9-18-7-6-16-13-5-3-4-12(14)11(13)10-15-16/h3-5,10H,2,6-9,14H2,1H3. The number of hydrogen-bond donors (Lipinski definition) is 1. The zero-order valence-electron chi connectivity index (χ0n) is 10.6. The monoisotopic (exact) mass is 249 g/mol. The lowest BCUT2D eigenvalue weighted by atomic mass is 10.2. The van der Waals surface area contributed by atoms with E-state index in [0.29, 0.717) is 19.8 Å². The van der Waals surface area contributed by atoms with Crippen LogP contribution >= 0.6 is 0 Å². The molecule has 0 saturated heterocycles. The SMILES string of the molecule is CCOCCOCCn1ncc2c(N)cccc21. The minimum atomic E-state index is 0.620. The topological polar surface area (TPSA) is 62.3 Å². The van der Waals surface area contributed by atoms with Crippen LogP contribution < -0.4 is 5.73 Å². The molecule has 5 heteroatoms. The number of nitrogens with zero attached hydrogens (tertiary/aromatic N) is 2. The lowest BCUT2D eigenvalue weighted by Gasteiger charge is -2.06. The fourth-order valence-corrected chi connectivity index (χ4v) is 1.82. The van der Waals surface area contributed by atoms with Crippen molar-refractivity contribution >= 4 is 16.6 Å². The minimum Gasteiger partial charge on any atom is -0.398 e. The van der Waals surface area contributed by atoms with Gasteiger partial charge < -0.3 is 15.2 Å². The second-order valence-corrected chi connectivity index (χ2v) is 3.96. The van der Waals surface area contributed by atoms with Crippen molar-refractivity contribution in [1.82, 2.24) is 9.78 Å². The molecule has 1 heterocycles. The summed E-state index contributed by atoms with van der Waals surface area (Å²) in [5.41, 5.74) is 7.68. The van der Waals surface area contributed by atoms with Crippen LogP contribution in [0, 0.1) is 0 Å². The van der Waals surface area contributed by atoms with Gasteiger partial charge in [-0.3, -0.25) is 4.68 Å². The molecule has 1 aromatic carbocycles. The molecular weight excluding hydrogens is 230 g/mol. The summed E-state index contributed by atoms with van der Waals surface area (Å²) < 4.78 is 12.6. The molecule has 2 aromatic rings. The van der Waals surface area contributed by atoms with Gasteiger partial charge in [-0.2, -0.15) is 5.10 Å². The van der Waals surface area contributed by atoms with Gasteiger partial charge >= 0.3 is 0 Å². The van der Waals surface area contributed by atoms with Crippen LogP contribution in [0.15, 0.2) is 24.4 Å². The maximum atomic E-state index is 5.88. The summed E-state index contributed by atoms with van der Waals surface area (Å²) in [5.74, 6) is 0. The highest BCUT2D eigenvalue weighted by molar-refractivity contribution is 5.90. The van der Waals surface area contributed by atoms with E-state index >= 15 is 0 Å². The number of anilines is 1. The number of ether oxygens (including phenoxy) is 2. The molecule has 5 nitrogen and oxygen atoms in total. The smallest absolute Gasteiger partial charge is 0.0704 e. The lowest BCUT2D eigenvalue weighted by Crippen LogP contribution is -2.10. The Labute approximate surface area is 106 Å². The van der Waals surface area contributed by atoms with E-state index in [0.717, 1.165) is 29.7 Å². The fraction of sp³-hybridized carbons (Fsp3) is 0.462. The van der Waals surface area contributed by atoms with Crippen molar-refractivity contribution < 1.29 is 9.47 Å². The molecular formula is C13H19N3O2. The molecule has 0 spiro atoms. The molecule has 98 valence electrons. The van der Waals surface area contributed by atoms with E-state index in [9.17, 15) is 0 Å². The van der Waals surface area contributed by atoms with Crippen LogP contribution in [0.25, 0.3) is 10.9 Å². The summed E-state index contributed by atoms with van der Waals surface area (Å²) in [6.07, 6.45) is 1.80. The van der Waals surface area contributed by atoms with Gasteiger partial charge in [0, 0.05) is 17.7 Å². The number of hydrogen-bond acceptors (Lipinski definition) is 4. The van der Waals surface area contributed by atoms with E-state index < -0.39 is 0 Å². The van der Waals surface area contributed by atoms with Crippen LogP contribution in [0.4, 0.5) is 5.69 Å². The quantitative estimate of drug-likeness (QED) is 0.599. The van der Waals surface area contributed by atoms with Crippen LogP contribution in [-0.4, -0.2) is 36.2 Å². The number of rotatable bonds is 7. The molecule has 1 aromatic heterocycles.